The summed E-state index contributed by atoms with van der Waals surface area (Å²) in [5.41, 5.74) is 2.50. The highest BCUT2D eigenvalue weighted by atomic mass is 16.3. The average molecular weight is 279 g/mol. The Kier molecular flexibility index (Phi) is 4.48. The van der Waals surface area contributed by atoms with Crippen LogP contribution in [0.3, 0.4) is 0 Å². The second-order valence-electron chi connectivity index (χ2n) is 5.81. The van der Waals surface area contributed by atoms with Crippen molar-refractivity contribution in [2.45, 2.75) is 53.2 Å². The summed E-state index contributed by atoms with van der Waals surface area (Å²) in [4.78, 5) is 14.5. The molecule has 0 saturated carbocycles. The molecule has 5 nitrogen and oxygen atoms in total. The van der Waals surface area contributed by atoms with Crippen LogP contribution in [-0.2, 0) is 6.54 Å². The van der Waals surface area contributed by atoms with E-state index >= 15 is 0 Å². The molecular weight excluding hydrogens is 254 g/mol. The predicted octanol–water partition coefficient (Wildman–Crippen LogP) is 1.75. The Labute approximate surface area is 120 Å². The lowest BCUT2D eigenvalue weighted by atomic mass is 10.0. The number of aliphatic hydroxyl groups excluding tert-OH is 1. The van der Waals surface area contributed by atoms with Crippen molar-refractivity contribution in [3.63, 3.8) is 0 Å². The maximum atomic E-state index is 12.7. The second kappa shape index (κ2) is 5.95. The molecule has 0 radical (unpaired) electrons. The fourth-order valence-corrected chi connectivity index (χ4v) is 2.96. The lowest BCUT2D eigenvalue weighted by Gasteiger charge is -2.18. The van der Waals surface area contributed by atoms with Crippen LogP contribution in [0, 0.1) is 19.8 Å². The molecule has 1 N–H and O–H groups in total. The quantitative estimate of drug-likeness (QED) is 0.913. The Morgan fingerprint density at radius 2 is 2.20 bits per heavy atom. The highest BCUT2D eigenvalue weighted by molar-refractivity contribution is 5.96. The zero-order valence-corrected chi connectivity index (χ0v) is 12.9. The minimum absolute atomic E-state index is 0.0607. The van der Waals surface area contributed by atoms with Crippen LogP contribution in [0.1, 0.15) is 48.4 Å². The molecule has 2 heterocycles. The molecule has 0 aliphatic carbocycles. The zero-order valence-electron chi connectivity index (χ0n) is 12.9. The van der Waals surface area contributed by atoms with Crippen LogP contribution in [-0.4, -0.2) is 44.9 Å². The third-order valence-electron chi connectivity index (χ3n) is 4.22. The van der Waals surface area contributed by atoms with Crippen molar-refractivity contribution < 1.29 is 9.90 Å². The molecule has 20 heavy (non-hydrogen) atoms. The van der Waals surface area contributed by atoms with Gasteiger partial charge in [0.05, 0.1) is 17.4 Å². The van der Waals surface area contributed by atoms with Gasteiger partial charge in [-0.25, -0.2) is 0 Å². The summed E-state index contributed by atoms with van der Waals surface area (Å²) in [7, 11) is 0. The molecule has 0 spiro atoms. The number of aryl methyl sites for hydroxylation is 2. The first-order valence-electron chi connectivity index (χ1n) is 7.47. The summed E-state index contributed by atoms with van der Waals surface area (Å²) in [5, 5.41) is 14.1. The molecule has 2 rings (SSSR count). The lowest BCUT2D eigenvalue weighted by Crippen LogP contribution is -2.31. The fourth-order valence-electron chi connectivity index (χ4n) is 2.96. The largest absolute Gasteiger partial charge is 0.393 e. The first-order chi connectivity index (χ1) is 9.45. The Morgan fingerprint density at radius 3 is 2.75 bits per heavy atom. The van der Waals surface area contributed by atoms with Crippen LogP contribution in [0.5, 0.6) is 0 Å². The molecule has 0 aromatic carbocycles. The van der Waals surface area contributed by atoms with Gasteiger partial charge in [-0.3, -0.25) is 9.48 Å². The van der Waals surface area contributed by atoms with Gasteiger partial charge in [-0.1, -0.05) is 6.92 Å². The van der Waals surface area contributed by atoms with Gasteiger partial charge in [0.25, 0.3) is 5.91 Å². The standard InChI is InChI=1S/C15H25N3O2/c1-5-7-18-11(3)14(10(2)16-18)15(20)17-8-6-13(9-17)12(4)19/h12-13,19H,5-9H2,1-4H3. The van der Waals surface area contributed by atoms with Crippen LogP contribution in [0.15, 0.2) is 0 Å². The Morgan fingerprint density at radius 1 is 1.50 bits per heavy atom. The van der Waals surface area contributed by atoms with Gasteiger partial charge in [0.15, 0.2) is 0 Å². The maximum absolute atomic E-state index is 12.7. The highest BCUT2D eigenvalue weighted by Gasteiger charge is 2.31. The SMILES string of the molecule is CCCn1nc(C)c(C(=O)N2CCC(C(C)O)C2)c1C. The van der Waals surface area contributed by atoms with Gasteiger partial charge in [-0.05, 0) is 33.6 Å². The summed E-state index contributed by atoms with van der Waals surface area (Å²) in [6.45, 7) is 9.98. The van der Waals surface area contributed by atoms with Crippen molar-refractivity contribution in [1.82, 2.24) is 14.7 Å². The van der Waals surface area contributed by atoms with E-state index in [2.05, 4.69) is 12.0 Å². The number of carbonyl (C=O) groups excluding carboxylic acids is 1. The molecule has 1 aliphatic rings. The zero-order chi connectivity index (χ0) is 14.9. The van der Waals surface area contributed by atoms with Gasteiger partial charge in [0.2, 0.25) is 0 Å². The predicted molar refractivity (Wildman–Crippen MR) is 77.7 cm³/mol. The molecule has 1 saturated heterocycles. The van der Waals surface area contributed by atoms with E-state index < -0.39 is 0 Å². The summed E-state index contributed by atoms with van der Waals surface area (Å²) in [5.74, 6) is 0.260. The molecule has 1 aromatic rings. The van der Waals surface area contributed by atoms with Gasteiger partial charge >= 0.3 is 0 Å². The third-order valence-corrected chi connectivity index (χ3v) is 4.22. The second-order valence-corrected chi connectivity index (χ2v) is 5.81. The number of likely N-dealkylation sites (tertiary alicyclic amines) is 1. The number of aliphatic hydroxyl groups is 1. The van der Waals surface area contributed by atoms with Crippen molar-refractivity contribution in [2.75, 3.05) is 13.1 Å². The first kappa shape index (κ1) is 15.0. The van der Waals surface area contributed by atoms with E-state index in [1.54, 1.807) is 6.92 Å². The Bertz CT molecular complexity index is 494. The van der Waals surface area contributed by atoms with Crippen molar-refractivity contribution in [3.8, 4) is 0 Å². The Balaban J connectivity index is 2.18. The Hall–Kier alpha value is -1.36. The third kappa shape index (κ3) is 2.73. The number of hydrogen-bond donors (Lipinski definition) is 1. The number of aromatic nitrogens is 2. The van der Waals surface area contributed by atoms with Gasteiger partial charge in [0, 0.05) is 31.2 Å². The van der Waals surface area contributed by atoms with Gasteiger partial charge in [-0.15, -0.1) is 0 Å². The first-order valence-corrected chi connectivity index (χ1v) is 7.47. The summed E-state index contributed by atoms with van der Waals surface area (Å²) >= 11 is 0. The molecule has 1 fully saturated rings. The number of nitrogens with zero attached hydrogens (tertiary/aromatic N) is 3. The van der Waals surface area contributed by atoms with E-state index in [9.17, 15) is 9.90 Å². The van der Waals surface area contributed by atoms with Crippen molar-refractivity contribution in [3.05, 3.63) is 17.0 Å². The summed E-state index contributed by atoms with van der Waals surface area (Å²) in [6.07, 6.45) is 1.53. The van der Waals surface area contributed by atoms with Crippen molar-refractivity contribution >= 4 is 5.91 Å². The number of rotatable bonds is 4. The molecule has 2 atom stereocenters. The number of amides is 1. The lowest BCUT2D eigenvalue weighted by molar-refractivity contribution is 0.0761. The van der Waals surface area contributed by atoms with Crippen LogP contribution in [0.4, 0.5) is 0 Å². The van der Waals surface area contributed by atoms with Gasteiger partial charge < -0.3 is 10.0 Å². The highest BCUT2D eigenvalue weighted by Crippen LogP contribution is 2.24. The van der Waals surface area contributed by atoms with E-state index in [0.29, 0.717) is 6.54 Å². The molecule has 112 valence electrons. The molecule has 1 aromatic heterocycles. The van der Waals surface area contributed by atoms with Crippen LogP contribution >= 0.6 is 0 Å². The normalized spacial score (nSPS) is 20.4. The summed E-state index contributed by atoms with van der Waals surface area (Å²) < 4.78 is 1.92. The molecule has 1 amide bonds. The molecular formula is C15H25N3O2. The van der Waals surface area contributed by atoms with Crippen LogP contribution in [0.25, 0.3) is 0 Å². The minimum atomic E-state index is -0.349. The van der Waals surface area contributed by atoms with Crippen molar-refractivity contribution in [2.24, 2.45) is 5.92 Å². The molecule has 1 aliphatic heterocycles. The number of carbonyl (C=O) groups is 1. The maximum Gasteiger partial charge on any atom is 0.257 e. The van der Waals surface area contributed by atoms with E-state index in [0.717, 1.165) is 42.9 Å². The molecule has 5 heteroatoms. The topological polar surface area (TPSA) is 58.4 Å². The minimum Gasteiger partial charge on any atom is -0.393 e. The number of hydrogen-bond acceptors (Lipinski definition) is 3. The monoisotopic (exact) mass is 279 g/mol. The van der Waals surface area contributed by atoms with E-state index in [4.69, 9.17) is 0 Å². The molecule has 0 bridgehead atoms. The van der Waals surface area contributed by atoms with Gasteiger partial charge in [0.1, 0.15) is 0 Å². The van der Waals surface area contributed by atoms with Crippen LogP contribution < -0.4 is 0 Å². The van der Waals surface area contributed by atoms with E-state index in [1.807, 2.05) is 23.4 Å². The average Bonchev–Trinajstić information content (AvgIpc) is 2.96. The fraction of sp³-hybridized carbons (Fsp3) is 0.733. The molecule has 2 unspecified atom stereocenters. The van der Waals surface area contributed by atoms with Crippen LogP contribution in [0.2, 0.25) is 0 Å². The van der Waals surface area contributed by atoms with E-state index in [-0.39, 0.29) is 17.9 Å². The summed E-state index contributed by atoms with van der Waals surface area (Å²) in [6, 6.07) is 0. The van der Waals surface area contributed by atoms with Crippen molar-refractivity contribution in [1.29, 1.82) is 0 Å². The van der Waals surface area contributed by atoms with Gasteiger partial charge in [-0.2, -0.15) is 5.10 Å². The van der Waals surface area contributed by atoms with E-state index in [1.165, 1.54) is 0 Å². The smallest absolute Gasteiger partial charge is 0.257 e.